The quantitative estimate of drug-likeness (QED) is 0.0538. The molecule has 0 fully saturated rings. The van der Waals surface area contributed by atoms with Crippen LogP contribution in [0.15, 0.2) is 133 Å². The number of rotatable bonds is 2. The number of benzene rings is 8. The van der Waals surface area contributed by atoms with Crippen molar-refractivity contribution in [2.75, 3.05) is 0 Å². The predicted molar refractivity (Wildman–Crippen MR) is 168 cm³/mol. The van der Waals surface area contributed by atoms with Crippen molar-refractivity contribution in [2.45, 2.75) is 0 Å². The summed E-state index contributed by atoms with van der Waals surface area (Å²) in [7, 11) is 0. The molecule has 0 N–H and O–H groups in total. The molecule has 8 rings (SSSR count). The van der Waals surface area contributed by atoms with Gasteiger partial charge in [-0.1, -0.05) is 84.9 Å². The van der Waals surface area contributed by atoms with Crippen LogP contribution in [0.3, 0.4) is 0 Å². The average molecular weight is 817 g/mol. The summed E-state index contributed by atoms with van der Waals surface area (Å²) < 4.78 is 62.5. The van der Waals surface area contributed by atoms with Crippen molar-refractivity contribution >= 4 is 84.1 Å². The van der Waals surface area contributed by atoms with Crippen LogP contribution in [0, 0.1) is 7.14 Å². The summed E-state index contributed by atoms with van der Waals surface area (Å²) in [4.78, 5) is 0. The smallest absolute Gasteiger partial charge is 0.0616 e. The maximum absolute atomic E-state index is 11.2. The van der Waals surface area contributed by atoms with E-state index in [0.29, 0.717) is 0 Å². The molecule has 8 heteroatoms. The zero-order valence-corrected chi connectivity index (χ0v) is 27.5. The molecule has 8 aromatic rings. The second-order valence-corrected chi connectivity index (χ2v) is 19.0. The van der Waals surface area contributed by atoms with Gasteiger partial charge in [0.25, 0.3) is 0 Å². The fourth-order valence-electron chi connectivity index (χ4n) is 5.76. The number of hydrogen-bond donors (Lipinski definition) is 0. The summed E-state index contributed by atoms with van der Waals surface area (Å²) in [6, 6.07) is 49.8. The largest absolute Gasteiger partial charge is 0.359 e. The van der Waals surface area contributed by atoms with Crippen molar-refractivity contribution in [3.05, 3.63) is 141 Å². The van der Waals surface area contributed by atoms with E-state index in [4.69, 9.17) is 0 Å². The van der Waals surface area contributed by atoms with E-state index >= 15 is 0 Å². The van der Waals surface area contributed by atoms with Gasteiger partial charge in [0.2, 0.25) is 7.14 Å². The standard InChI is InChI=1S/C36H22I.6FH.Sb/c1-3-9-25-21-33-27(19-23(25)7-1)15-17-31-29(33)11-5-13-35(31)37-36-14-6-12-30-32(36)18-16-28-20-24-8-2-4-10-26(24)22-34(28)30;;;;;;;/h1-22H;6*1H;/q+1;;;;;;;+5/p-6. The van der Waals surface area contributed by atoms with Gasteiger partial charge in [0.15, 0.2) is 0 Å². The first kappa shape index (κ1) is 29.2. The summed E-state index contributed by atoms with van der Waals surface area (Å²) in [6.45, 7) is 0. The van der Waals surface area contributed by atoms with Gasteiger partial charge in [0, 0.05) is 10.8 Å². The number of hydrogen-bond acceptors (Lipinski definition) is 0. The van der Waals surface area contributed by atoms with Crippen molar-refractivity contribution in [3.63, 3.8) is 0 Å². The van der Waals surface area contributed by atoms with E-state index in [1.807, 2.05) is 0 Å². The maximum atomic E-state index is 9.93. The molecule has 0 unspecified atom stereocenters. The number of halogens is 7. The summed E-state index contributed by atoms with van der Waals surface area (Å²) in [5.41, 5.74) is 0. The third-order valence-corrected chi connectivity index (χ3v) is 10.6. The van der Waals surface area contributed by atoms with Gasteiger partial charge in [0.1, 0.15) is 0 Å². The van der Waals surface area contributed by atoms with Crippen LogP contribution in [0.2, 0.25) is 0 Å². The van der Waals surface area contributed by atoms with Crippen molar-refractivity contribution < 1.29 is 38.1 Å². The Morgan fingerprint density at radius 2 is 0.682 bits per heavy atom. The molecule has 0 aliphatic rings. The third kappa shape index (κ3) is 6.31. The Labute approximate surface area is 261 Å². The molecule has 44 heavy (non-hydrogen) atoms. The molecule has 0 saturated carbocycles. The van der Waals surface area contributed by atoms with E-state index in [1.165, 1.54) is 71.8 Å². The monoisotopic (exact) mass is 816 g/mol. The average Bonchev–Trinajstić information content (AvgIpc) is 2.97. The van der Waals surface area contributed by atoms with E-state index in [2.05, 4.69) is 133 Å². The van der Waals surface area contributed by atoms with Crippen LogP contribution in [0.5, 0.6) is 0 Å². The van der Waals surface area contributed by atoms with Gasteiger partial charge < -0.3 is 0 Å². The van der Waals surface area contributed by atoms with E-state index < -0.39 is 19.5 Å². The van der Waals surface area contributed by atoms with Gasteiger partial charge in [-0.2, -0.15) is 0 Å². The van der Waals surface area contributed by atoms with Gasteiger partial charge in [-0.25, -0.2) is 0 Å². The summed E-state index contributed by atoms with van der Waals surface area (Å²) in [5.74, 6) is 0. The van der Waals surface area contributed by atoms with E-state index in [-0.39, 0.29) is 21.2 Å². The van der Waals surface area contributed by atoms with E-state index in [0.717, 1.165) is 0 Å². The first-order chi connectivity index (χ1) is 20.8. The minimum atomic E-state index is -11.2. The molecule has 0 saturated heterocycles. The summed E-state index contributed by atoms with van der Waals surface area (Å²) in [6.07, 6.45) is 0. The zero-order valence-electron chi connectivity index (χ0n) is 22.8. The van der Waals surface area contributed by atoms with Gasteiger partial charge in [0.05, 0.1) is 0 Å². The first-order valence-electron chi connectivity index (χ1n) is 13.7. The summed E-state index contributed by atoms with van der Waals surface area (Å²) >= 11 is -11.6. The normalized spacial score (nSPS) is 13.7. The Morgan fingerprint density at radius 1 is 0.318 bits per heavy atom. The molecule has 0 nitrogen and oxygen atoms in total. The molecular weight excluding hydrogens is 795 g/mol. The van der Waals surface area contributed by atoms with Gasteiger partial charge in [-0.3, -0.25) is 0 Å². The van der Waals surface area contributed by atoms with Gasteiger partial charge >= 0.3 is 57.6 Å². The van der Waals surface area contributed by atoms with Crippen LogP contribution in [-0.4, -0.2) is 19.5 Å². The molecule has 220 valence electrons. The van der Waals surface area contributed by atoms with Gasteiger partial charge in [-0.05, 0) is 102 Å². The van der Waals surface area contributed by atoms with Crippen LogP contribution in [0.4, 0.5) is 16.9 Å². The van der Waals surface area contributed by atoms with Crippen molar-refractivity contribution in [2.24, 2.45) is 0 Å². The molecule has 0 atom stereocenters. The molecular formula is C36H22F6ISb. The topological polar surface area (TPSA) is 0 Å². The molecule has 0 aliphatic carbocycles. The first-order valence-corrected chi connectivity index (χ1v) is 21.6. The number of fused-ring (bicyclic) bond motifs is 8. The van der Waals surface area contributed by atoms with E-state index in [1.54, 1.807) is 0 Å². The van der Waals surface area contributed by atoms with Crippen molar-refractivity contribution in [3.8, 4) is 0 Å². The SMILES string of the molecule is [F][Sb-]([F])([F])([F])([F])[F].c1ccc2cc3c(ccc4c([I+]c5cccc6c5ccc5cc7ccccc7cc56)cccc43)cc2c1. The van der Waals surface area contributed by atoms with Crippen LogP contribution in [0.25, 0.3) is 64.6 Å². The molecule has 0 amide bonds. The Balaban J connectivity index is 0.000000403. The van der Waals surface area contributed by atoms with Crippen LogP contribution < -0.4 is 21.2 Å². The molecule has 0 aromatic heterocycles. The predicted octanol–water partition coefficient (Wildman–Crippen LogP) is 8.87. The third-order valence-electron chi connectivity index (χ3n) is 7.58. The molecule has 0 aliphatic heterocycles. The Hall–Kier alpha value is -3.55. The van der Waals surface area contributed by atoms with E-state index in [9.17, 15) is 16.9 Å². The van der Waals surface area contributed by atoms with Crippen molar-refractivity contribution in [1.82, 2.24) is 0 Å². The van der Waals surface area contributed by atoms with Crippen molar-refractivity contribution in [1.29, 1.82) is 0 Å². The fourth-order valence-corrected chi connectivity index (χ4v) is 8.68. The Morgan fingerprint density at radius 3 is 1.07 bits per heavy atom. The maximum Gasteiger partial charge on any atom is 0.359 e. The van der Waals surface area contributed by atoms with Crippen LogP contribution >= 0.6 is 0 Å². The second kappa shape index (κ2) is 9.98. The Kier molecular flexibility index (Phi) is 6.62. The van der Waals surface area contributed by atoms with Crippen LogP contribution in [0.1, 0.15) is 0 Å². The minimum absolute atomic E-state index is 0.359. The molecule has 0 radical (unpaired) electrons. The molecule has 0 spiro atoms. The Bertz CT molecular complexity index is 2250. The molecule has 0 heterocycles. The fraction of sp³-hybridized carbons (Fsp3) is 0. The zero-order chi connectivity index (χ0) is 30.8. The van der Waals surface area contributed by atoms with Crippen LogP contribution in [-0.2, 0) is 0 Å². The minimum Gasteiger partial charge on any atom is -0.0616 e. The summed E-state index contributed by atoms with van der Waals surface area (Å²) in [5, 5.41) is 16.0. The second-order valence-electron chi connectivity index (χ2n) is 10.7. The molecule has 0 bridgehead atoms. The van der Waals surface area contributed by atoms with Gasteiger partial charge in [-0.15, -0.1) is 0 Å². The molecule has 8 aromatic carbocycles.